The predicted octanol–water partition coefficient (Wildman–Crippen LogP) is 1.31. The monoisotopic (exact) mass is 319 g/mol. The van der Waals surface area contributed by atoms with Gasteiger partial charge in [-0.15, -0.1) is 0 Å². The van der Waals surface area contributed by atoms with Crippen LogP contribution in [-0.2, 0) is 0 Å². The van der Waals surface area contributed by atoms with E-state index >= 15 is 0 Å². The molecule has 1 aromatic carbocycles. The maximum atomic E-state index is 10.3. The van der Waals surface area contributed by atoms with E-state index in [1.165, 1.54) is 6.21 Å². The van der Waals surface area contributed by atoms with Gasteiger partial charge < -0.3 is 10.8 Å². The normalized spacial score (nSPS) is 10.5. The summed E-state index contributed by atoms with van der Waals surface area (Å²) in [6.07, 6.45) is 1.34. The van der Waals surface area contributed by atoms with Crippen LogP contribution in [0.4, 0.5) is 4.79 Å². The number of hydrazone groups is 1. The number of amides is 2. The molecule has 0 heterocycles. The Balaban J connectivity index is 2.90. The lowest BCUT2D eigenvalue weighted by molar-refractivity contribution is 0.249. The van der Waals surface area contributed by atoms with E-state index in [0.29, 0.717) is 5.56 Å². The van der Waals surface area contributed by atoms with Crippen LogP contribution < -0.4 is 11.2 Å². The average molecular weight is 319 g/mol. The van der Waals surface area contributed by atoms with Crippen LogP contribution in [0, 0.1) is 10.5 Å². The molecule has 2 amide bonds. The Morgan fingerprint density at radius 2 is 2.33 bits per heavy atom. The molecule has 0 aliphatic carbocycles. The topological polar surface area (TPSA) is 87.7 Å². The number of carbonyl (C=O) groups is 1. The molecular formula is C9H10IN3O2. The molecule has 15 heavy (non-hydrogen) atoms. The number of hydrogen-bond donors (Lipinski definition) is 3. The number of rotatable bonds is 2. The lowest BCUT2D eigenvalue weighted by Crippen LogP contribution is -2.24. The zero-order valence-corrected chi connectivity index (χ0v) is 10.1. The van der Waals surface area contributed by atoms with Crippen molar-refractivity contribution in [2.24, 2.45) is 10.8 Å². The van der Waals surface area contributed by atoms with Crippen molar-refractivity contribution in [2.45, 2.75) is 6.92 Å². The Kier molecular flexibility index (Phi) is 3.89. The molecule has 0 spiro atoms. The number of nitrogens with zero attached hydrogens (tertiary/aromatic N) is 1. The number of phenols is 1. The molecule has 0 unspecified atom stereocenters. The van der Waals surface area contributed by atoms with Crippen LogP contribution >= 0.6 is 22.6 Å². The second-order valence-corrected chi connectivity index (χ2v) is 4.06. The highest BCUT2D eigenvalue weighted by Crippen LogP contribution is 2.21. The molecule has 0 bridgehead atoms. The van der Waals surface area contributed by atoms with Crippen LogP contribution in [0.5, 0.6) is 5.75 Å². The molecule has 0 aliphatic rings. The van der Waals surface area contributed by atoms with Gasteiger partial charge in [-0.25, -0.2) is 10.2 Å². The number of aromatic hydroxyl groups is 1. The molecule has 1 rings (SSSR count). The molecule has 6 heteroatoms. The fourth-order valence-corrected chi connectivity index (χ4v) is 1.44. The molecule has 4 N–H and O–H groups in total. The van der Waals surface area contributed by atoms with E-state index in [-0.39, 0.29) is 5.75 Å². The highest BCUT2D eigenvalue weighted by atomic mass is 127. The first-order chi connectivity index (χ1) is 7.00. The summed E-state index contributed by atoms with van der Waals surface area (Å²) in [6, 6.07) is 2.65. The Labute approximate surface area is 100 Å². The molecule has 0 aromatic heterocycles. The number of aryl methyl sites for hydroxylation is 1. The van der Waals surface area contributed by atoms with Gasteiger partial charge >= 0.3 is 6.03 Å². The third kappa shape index (κ3) is 3.39. The molecule has 80 valence electrons. The summed E-state index contributed by atoms with van der Waals surface area (Å²) in [7, 11) is 0. The average Bonchev–Trinajstić information content (AvgIpc) is 2.13. The third-order valence-corrected chi connectivity index (χ3v) is 2.85. The van der Waals surface area contributed by atoms with Crippen molar-refractivity contribution in [1.29, 1.82) is 0 Å². The molecule has 0 radical (unpaired) electrons. The van der Waals surface area contributed by atoms with Crippen molar-refractivity contribution in [2.75, 3.05) is 0 Å². The van der Waals surface area contributed by atoms with Crippen molar-refractivity contribution < 1.29 is 9.90 Å². The van der Waals surface area contributed by atoms with Gasteiger partial charge in [0.15, 0.2) is 0 Å². The minimum Gasteiger partial charge on any atom is -0.507 e. The molecule has 0 aliphatic heterocycles. The summed E-state index contributed by atoms with van der Waals surface area (Å²) in [4.78, 5) is 10.3. The minimum atomic E-state index is -0.743. The van der Waals surface area contributed by atoms with Gasteiger partial charge in [-0.05, 0) is 47.2 Å². The summed E-state index contributed by atoms with van der Waals surface area (Å²) in [6.45, 7) is 1.89. The fraction of sp³-hybridized carbons (Fsp3) is 0.111. The summed E-state index contributed by atoms with van der Waals surface area (Å²) >= 11 is 2.15. The zero-order chi connectivity index (χ0) is 11.4. The quantitative estimate of drug-likeness (QED) is 0.436. The van der Waals surface area contributed by atoms with Crippen LogP contribution in [0.25, 0.3) is 0 Å². The Hall–Kier alpha value is -1.31. The van der Waals surface area contributed by atoms with Gasteiger partial charge in [-0.3, -0.25) is 0 Å². The predicted molar refractivity (Wildman–Crippen MR) is 65.9 cm³/mol. The van der Waals surface area contributed by atoms with Crippen LogP contribution in [0.3, 0.4) is 0 Å². The number of urea groups is 1. The first-order valence-electron chi connectivity index (χ1n) is 4.08. The van der Waals surface area contributed by atoms with Crippen LogP contribution in [0.15, 0.2) is 17.2 Å². The molecule has 1 aromatic rings. The summed E-state index contributed by atoms with van der Waals surface area (Å²) in [5.41, 5.74) is 8.38. The van der Waals surface area contributed by atoms with E-state index in [9.17, 15) is 9.90 Å². The zero-order valence-electron chi connectivity index (χ0n) is 7.99. The second-order valence-electron chi connectivity index (χ2n) is 2.89. The number of benzene rings is 1. The first-order valence-corrected chi connectivity index (χ1v) is 5.16. The number of primary amides is 1. The highest BCUT2D eigenvalue weighted by molar-refractivity contribution is 14.1. The van der Waals surface area contributed by atoms with Crippen molar-refractivity contribution >= 4 is 34.8 Å². The lowest BCUT2D eigenvalue weighted by Gasteiger charge is -2.02. The van der Waals surface area contributed by atoms with E-state index < -0.39 is 6.03 Å². The second kappa shape index (κ2) is 4.96. The maximum absolute atomic E-state index is 10.3. The van der Waals surface area contributed by atoms with Gasteiger partial charge in [0, 0.05) is 9.13 Å². The van der Waals surface area contributed by atoms with Crippen molar-refractivity contribution in [3.63, 3.8) is 0 Å². The molecule has 5 nitrogen and oxygen atoms in total. The number of phenolic OH excluding ortho intramolecular Hbond substituents is 1. The number of carbonyl (C=O) groups excluding carboxylic acids is 1. The Morgan fingerprint density at radius 1 is 1.67 bits per heavy atom. The number of halogens is 1. The van der Waals surface area contributed by atoms with Crippen LogP contribution in [-0.4, -0.2) is 17.4 Å². The molecular weight excluding hydrogens is 309 g/mol. The summed E-state index contributed by atoms with van der Waals surface area (Å²) in [5.74, 6) is 0.114. The smallest absolute Gasteiger partial charge is 0.332 e. The molecule has 0 atom stereocenters. The van der Waals surface area contributed by atoms with E-state index in [2.05, 4.69) is 33.1 Å². The largest absolute Gasteiger partial charge is 0.507 e. The van der Waals surface area contributed by atoms with Gasteiger partial charge in [0.1, 0.15) is 5.75 Å². The van der Waals surface area contributed by atoms with Gasteiger partial charge in [0.05, 0.1) is 6.21 Å². The van der Waals surface area contributed by atoms with Gasteiger partial charge in [-0.1, -0.05) is 0 Å². The maximum Gasteiger partial charge on any atom is 0.332 e. The minimum absolute atomic E-state index is 0.114. The van der Waals surface area contributed by atoms with Gasteiger partial charge in [-0.2, -0.15) is 5.10 Å². The molecule has 0 saturated heterocycles. The Bertz CT molecular complexity index is 418. The Morgan fingerprint density at radius 3 is 2.93 bits per heavy atom. The van der Waals surface area contributed by atoms with Crippen LogP contribution in [0.2, 0.25) is 0 Å². The highest BCUT2D eigenvalue weighted by Gasteiger charge is 2.02. The van der Waals surface area contributed by atoms with E-state index in [4.69, 9.17) is 5.73 Å². The molecule has 0 saturated carbocycles. The number of nitrogens with one attached hydrogen (secondary N) is 1. The van der Waals surface area contributed by atoms with E-state index in [1.54, 1.807) is 12.1 Å². The van der Waals surface area contributed by atoms with Gasteiger partial charge in [0.2, 0.25) is 0 Å². The van der Waals surface area contributed by atoms with Gasteiger partial charge in [0.25, 0.3) is 0 Å². The standard InChI is InChI=1S/C9H10IN3O2/c1-5-2-8(14)6(3-7(5)10)4-12-13-9(11)15/h2-4,14H,1H3,(H3,11,13,15). The number of hydrogen-bond acceptors (Lipinski definition) is 3. The number of nitrogens with two attached hydrogens (primary N) is 1. The SMILES string of the molecule is Cc1cc(O)c(C=NNC(N)=O)cc1I. The first kappa shape index (κ1) is 11.8. The van der Waals surface area contributed by atoms with E-state index in [0.717, 1.165) is 9.13 Å². The molecule has 0 fully saturated rings. The van der Waals surface area contributed by atoms with Crippen molar-refractivity contribution in [3.05, 3.63) is 26.8 Å². The van der Waals surface area contributed by atoms with Crippen LogP contribution in [0.1, 0.15) is 11.1 Å². The van der Waals surface area contributed by atoms with Crippen molar-refractivity contribution in [1.82, 2.24) is 5.43 Å². The third-order valence-electron chi connectivity index (χ3n) is 1.69. The summed E-state index contributed by atoms with van der Waals surface area (Å²) < 4.78 is 1.01. The lowest BCUT2D eigenvalue weighted by atomic mass is 10.1. The van der Waals surface area contributed by atoms with Crippen molar-refractivity contribution in [3.8, 4) is 5.75 Å². The van der Waals surface area contributed by atoms with E-state index in [1.807, 2.05) is 6.92 Å². The fourth-order valence-electron chi connectivity index (χ4n) is 0.950. The summed E-state index contributed by atoms with van der Waals surface area (Å²) in [5, 5.41) is 13.1.